The van der Waals surface area contributed by atoms with Crippen molar-refractivity contribution in [3.63, 3.8) is 0 Å². The van der Waals surface area contributed by atoms with E-state index in [1.54, 1.807) is 0 Å². The number of fused-ring (bicyclic) bond motifs is 3. The van der Waals surface area contributed by atoms with Crippen LogP contribution in [0.4, 0.5) is 0 Å². The molecule has 0 aliphatic rings. The molecule has 0 spiro atoms. The highest BCUT2D eigenvalue weighted by molar-refractivity contribution is 9.10. The Kier molecular flexibility index (Phi) is 3.85. The zero-order chi connectivity index (χ0) is 12.4. The fraction of sp³-hybridized carbons (Fsp3) is 0.200. The van der Waals surface area contributed by atoms with Crippen LogP contribution in [0, 0.1) is 6.92 Å². The molecule has 1 aromatic heterocycles. The highest BCUT2D eigenvalue weighted by Gasteiger charge is 2.04. The van der Waals surface area contributed by atoms with Gasteiger partial charge in [-0.15, -0.1) is 11.3 Å². The average Bonchev–Trinajstić information content (AvgIpc) is 2.68. The van der Waals surface area contributed by atoms with E-state index >= 15 is 0 Å². The lowest BCUT2D eigenvalue weighted by Gasteiger charge is -1.93. The Hall–Kier alpha value is -0.860. The Balaban J connectivity index is 0.000000514. The maximum atomic E-state index is 3.52. The summed E-state index contributed by atoms with van der Waals surface area (Å²) >= 11 is 5.39. The second-order valence-electron chi connectivity index (χ2n) is 3.74. The van der Waals surface area contributed by atoms with Crippen molar-refractivity contribution in [1.29, 1.82) is 0 Å². The van der Waals surface area contributed by atoms with Gasteiger partial charge in [-0.3, -0.25) is 0 Å². The first kappa shape index (κ1) is 12.6. The quantitative estimate of drug-likeness (QED) is 0.467. The van der Waals surface area contributed by atoms with E-state index in [1.807, 2.05) is 25.2 Å². The molecule has 3 aromatic rings. The van der Waals surface area contributed by atoms with Crippen LogP contribution in [0.15, 0.2) is 40.9 Å². The van der Waals surface area contributed by atoms with Crippen LogP contribution in [0.1, 0.15) is 19.4 Å². The van der Waals surface area contributed by atoms with E-state index in [0.717, 1.165) is 4.47 Å². The molecule has 2 aromatic carbocycles. The highest BCUT2D eigenvalue weighted by atomic mass is 79.9. The van der Waals surface area contributed by atoms with Crippen molar-refractivity contribution < 1.29 is 0 Å². The predicted octanol–water partition coefficient (Wildman–Crippen LogP) is 6.15. The molecule has 0 fully saturated rings. The predicted molar refractivity (Wildman–Crippen MR) is 83.1 cm³/mol. The highest BCUT2D eigenvalue weighted by Crippen LogP contribution is 2.35. The Morgan fingerprint density at radius 1 is 0.882 bits per heavy atom. The number of thiophene rings is 1. The molecule has 0 aliphatic heterocycles. The summed E-state index contributed by atoms with van der Waals surface area (Å²) in [6.07, 6.45) is 0. The van der Waals surface area contributed by atoms with Gasteiger partial charge < -0.3 is 0 Å². The van der Waals surface area contributed by atoms with E-state index in [4.69, 9.17) is 0 Å². The summed E-state index contributed by atoms with van der Waals surface area (Å²) in [6, 6.07) is 13.1. The molecule has 0 aliphatic carbocycles. The molecule has 3 rings (SSSR count). The molecule has 0 N–H and O–H groups in total. The third-order valence-corrected chi connectivity index (χ3v) is 4.22. The van der Waals surface area contributed by atoms with Crippen molar-refractivity contribution in [2.24, 2.45) is 0 Å². The number of hydrogen-bond acceptors (Lipinski definition) is 1. The molecule has 0 saturated carbocycles. The van der Waals surface area contributed by atoms with Crippen molar-refractivity contribution in [3.8, 4) is 0 Å². The minimum atomic E-state index is 1.15. The summed E-state index contributed by atoms with van der Waals surface area (Å²) in [5, 5.41) is 2.71. The third kappa shape index (κ3) is 2.38. The first-order valence-corrected chi connectivity index (χ1v) is 7.43. The maximum Gasteiger partial charge on any atom is 0.0358 e. The first-order chi connectivity index (χ1) is 8.24. The average molecular weight is 307 g/mol. The van der Waals surface area contributed by atoms with Gasteiger partial charge in [-0.2, -0.15) is 0 Å². The summed E-state index contributed by atoms with van der Waals surface area (Å²) in [5.74, 6) is 0. The summed E-state index contributed by atoms with van der Waals surface area (Å²) in [6.45, 7) is 6.14. The molecule has 2 heteroatoms. The minimum absolute atomic E-state index is 1.15. The molecular weight excluding hydrogens is 292 g/mol. The minimum Gasteiger partial charge on any atom is -0.135 e. The smallest absolute Gasteiger partial charge is 0.0358 e. The lowest BCUT2D eigenvalue weighted by atomic mass is 10.1. The molecule has 0 bridgehead atoms. The Morgan fingerprint density at radius 3 is 2.41 bits per heavy atom. The van der Waals surface area contributed by atoms with Gasteiger partial charge in [0.15, 0.2) is 0 Å². The van der Waals surface area contributed by atoms with E-state index in [1.165, 1.54) is 25.7 Å². The largest absolute Gasteiger partial charge is 0.135 e. The van der Waals surface area contributed by atoms with Gasteiger partial charge in [-0.05, 0) is 36.8 Å². The van der Waals surface area contributed by atoms with Crippen LogP contribution in [0.2, 0.25) is 0 Å². The topological polar surface area (TPSA) is 0 Å². The normalized spacial score (nSPS) is 10.4. The van der Waals surface area contributed by atoms with E-state index in [2.05, 4.69) is 59.3 Å². The lowest BCUT2D eigenvalue weighted by Crippen LogP contribution is -1.69. The number of rotatable bonds is 0. The van der Waals surface area contributed by atoms with Gasteiger partial charge in [0.25, 0.3) is 0 Å². The summed E-state index contributed by atoms with van der Waals surface area (Å²) in [5.41, 5.74) is 1.33. The zero-order valence-electron chi connectivity index (χ0n) is 10.3. The second-order valence-corrected chi connectivity index (χ2v) is 5.74. The van der Waals surface area contributed by atoms with Crippen molar-refractivity contribution in [1.82, 2.24) is 0 Å². The van der Waals surface area contributed by atoms with Gasteiger partial charge in [0.05, 0.1) is 0 Å². The van der Waals surface area contributed by atoms with Crippen molar-refractivity contribution in [2.75, 3.05) is 0 Å². The van der Waals surface area contributed by atoms with Crippen LogP contribution in [-0.2, 0) is 0 Å². The third-order valence-electron chi connectivity index (χ3n) is 2.59. The zero-order valence-corrected chi connectivity index (χ0v) is 12.7. The standard InChI is InChI=1S/C13H9BrS.C2H6/c1-8-2-4-10-11-7-9(14)3-5-12(11)15-13(10)6-8;1-2/h2-7H,1H3;1-2H3. The SMILES string of the molecule is CC.Cc1ccc2c(c1)sc1ccc(Br)cc12. The molecule has 0 unspecified atom stereocenters. The Bertz CT molecular complexity index is 652. The summed E-state index contributed by atoms with van der Waals surface area (Å²) in [4.78, 5) is 0. The Labute approximate surface area is 114 Å². The van der Waals surface area contributed by atoms with Crippen molar-refractivity contribution >= 4 is 47.4 Å². The van der Waals surface area contributed by atoms with Gasteiger partial charge in [-0.25, -0.2) is 0 Å². The fourth-order valence-corrected chi connectivity index (χ4v) is 3.40. The lowest BCUT2D eigenvalue weighted by molar-refractivity contribution is 1.50. The first-order valence-electron chi connectivity index (χ1n) is 5.82. The van der Waals surface area contributed by atoms with Crippen LogP contribution < -0.4 is 0 Å². The van der Waals surface area contributed by atoms with E-state index in [9.17, 15) is 0 Å². The van der Waals surface area contributed by atoms with Crippen LogP contribution in [0.5, 0.6) is 0 Å². The molecule has 0 atom stereocenters. The van der Waals surface area contributed by atoms with E-state index < -0.39 is 0 Å². The molecule has 17 heavy (non-hydrogen) atoms. The Morgan fingerprint density at radius 2 is 1.65 bits per heavy atom. The summed E-state index contributed by atoms with van der Waals surface area (Å²) in [7, 11) is 0. The monoisotopic (exact) mass is 306 g/mol. The second kappa shape index (κ2) is 5.19. The van der Waals surface area contributed by atoms with Gasteiger partial charge in [0.2, 0.25) is 0 Å². The van der Waals surface area contributed by atoms with Crippen LogP contribution >= 0.6 is 27.3 Å². The molecule has 0 saturated heterocycles. The molecule has 0 amide bonds. The van der Waals surface area contributed by atoms with Crippen molar-refractivity contribution in [2.45, 2.75) is 20.8 Å². The van der Waals surface area contributed by atoms with Gasteiger partial charge in [0.1, 0.15) is 0 Å². The molecule has 88 valence electrons. The number of benzene rings is 2. The molecule has 0 nitrogen and oxygen atoms in total. The number of halogens is 1. The van der Waals surface area contributed by atoms with Crippen molar-refractivity contribution in [3.05, 3.63) is 46.4 Å². The van der Waals surface area contributed by atoms with Gasteiger partial charge in [-0.1, -0.05) is 41.9 Å². The van der Waals surface area contributed by atoms with E-state index in [0.29, 0.717) is 0 Å². The van der Waals surface area contributed by atoms with E-state index in [-0.39, 0.29) is 0 Å². The molecular formula is C15H15BrS. The van der Waals surface area contributed by atoms with Crippen LogP contribution in [0.3, 0.4) is 0 Å². The molecule has 1 heterocycles. The fourth-order valence-electron chi connectivity index (χ4n) is 1.86. The van der Waals surface area contributed by atoms with Crippen LogP contribution in [-0.4, -0.2) is 0 Å². The van der Waals surface area contributed by atoms with Crippen LogP contribution in [0.25, 0.3) is 20.2 Å². The maximum absolute atomic E-state index is 3.52. The number of aryl methyl sites for hydroxylation is 1. The van der Waals surface area contributed by atoms with Gasteiger partial charge in [0, 0.05) is 24.6 Å². The van der Waals surface area contributed by atoms with Gasteiger partial charge >= 0.3 is 0 Å². The molecule has 0 radical (unpaired) electrons. The number of hydrogen-bond donors (Lipinski definition) is 0. The summed E-state index contributed by atoms with van der Waals surface area (Å²) < 4.78 is 3.89.